The van der Waals surface area contributed by atoms with Gasteiger partial charge in [0.25, 0.3) is 0 Å². The van der Waals surface area contributed by atoms with Crippen molar-refractivity contribution in [1.29, 1.82) is 0 Å². The Morgan fingerprint density at radius 1 is 0.950 bits per heavy atom. The van der Waals surface area contributed by atoms with Crippen LogP contribution in [0.25, 0.3) is 0 Å². The van der Waals surface area contributed by atoms with Gasteiger partial charge >= 0.3 is 0 Å². The Morgan fingerprint density at radius 2 is 1.60 bits per heavy atom. The smallest absolute Gasteiger partial charge is 0.0295 e. The van der Waals surface area contributed by atoms with Gasteiger partial charge in [0.2, 0.25) is 0 Å². The summed E-state index contributed by atoms with van der Waals surface area (Å²) in [7, 11) is 0. The number of hydrogen-bond donors (Lipinski definition) is 0. The highest BCUT2D eigenvalue weighted by atomic mass is 14.3. The molecule has 0 bridgehead atoms. The fourth-order valence-corrected chi connectivity index (χ4v) is 4.13. The second-order valence-corrected chi connectivity index (χ2v) is 7.70. The molecule has 1 rings (SSSR count). The maximum Gasteiger partial charge on any atom is -0.0295 e. The molecule has 0 aliphatic heterocycles. The van der Waals surface area contributed by atoms with Crippen molar-refractivity contribution in [2.24, 2.45) is 29.6 Å². The lowest BCUT2D eigenvalue weighted by atomic mass is 9.77. The van der Waals surface area contributed by atoms with Gasteiger partial charge in [0, 0.05) is 0 Å². The largest absolute Gasteiger partial charge is 0.0853 e. The van der Waals surface area contributed by atoms with Crippen LogP contribution in [0, 0.1) is 29.6 Å². The quantitative estimate of drug-likeness (QED) is 0.484. The summed E-state index contributed by atoms with van der Waals surface area (Å²) >= 11 is 0. The Hall–Kier alpha value is -0.260. The van der Waals surface area contributed by atoms with Crippen LogP contribution in [-0.4, -0.2) is 0 Å². The van der Waals surface area contributed by atoms with Crippen LogP contribution in [0.2, 0.25) is 0 Å². The van der Waals surface area contributed by atoms with Crippen LogP contribution in [-0.2, 0) is 0 Å². The molecule has 1 aliphatic rings. The van der Waals surface area contributed by atoms with Gasteiger partial charge in [0.05, 0.1) is 0 Å². The summed E-state index contributed by atoms with van der Waals surface area (Å²) in [5, 5.41) is 0. The highest BCUT2D eigenvalue weighted by molar-refractivity contribution is 5.01. The lowest BCUT2D eigenvalue weighted by molar-refractivity contribution is 0.245. The van der Waals surface area contributed by atoms with Gasteiger partial charge < -0.3 is 0 Å². The fraction of sp³-hybridized carbons (Fsp3) is 0.900. The molecular formula is C20H38. The van der Waals surface area contributed by atoms with E-state index in [1.807, 2.05) is 0 Å². The molecule has 0 N–H and O–H groups in total. The summed E-state index contributed by atoms with van der Waals surface area (Å²) in [6, 6.07) is 0. The first-order valence-corrected chi connectivity index (χ1v) is 9.13. The van der Waals surface area contributed by atoms with E-state index in [1.165, 1.54) is 44.9 Å². The summed E-state index contributed by atoms with van der Waals surface area (Å²) < 4.78 is 0. The molecule has 0 saturated carbocycles. The van der Waals surface area contributed by atoms with Gasteiger partial charge in [-0.05, 0) is 55.8 Å². The number of allylic oxidation sites excluding steroid dienone is 2. The van der Waals surface area contributed by atoms with Gasteiger partial charge in [-0.3, -0.25) is 0 Å². The molecule has 0 heteroatoms. The van der Waals surface area contributed by atoms with Crippen molar-refractivity contribution in [2.75, 3.05) is 0 Å². The van der Waals surface area contributed by atoms with Gasteiger partial charge in [0.1, 0.15) is 0 Å². The molecule has 5 unspecified atom stereocenters. The number of hydrogen-bond acceptors (Lipinski definition) is 0. The molecule has 0 nitrogen and oxygen atoms in total. The molecule has 0 aromatic carbocycles. The zero-order valence-corrected chi connectivity index (χ0v) is 14.9. The molecule has 0 aromatic heterocycles. The van der Waals surface area contributed by atoms with Crippen LogP contribution in [0.3, 0.4) is 0 Å². The first-order chi connectivity index (χ1) is 9.47. The molecule has 0 aromatic rings. The normalized spacial score (nSPS) is 37.7. The standard InChI is InChI=1S/C20H38/c1-7-19-12-10-15(3)13-18(6)20(8-2)14-16(4)9-11-17(19)5/h10,16-20H,7-9,11-14H2,1-6H3. The Kier molecular flexibility index (Phi) is 7.92. The van der Waals surface area contributed by atoms with Gasteiger partial charge in [-0.15, -0.1) is 0 Å². The minimum Gasteiger partial charge on any atom is -0.0853 e. The summed E-state index contributed by atoms with van der Waals surface area (Å²) in [4.78, 5) is 0. The van der Waals surface area contributed by atoms with Crippen molar-refractivity contribution in [1.82, 2.24) is 0 Å². The van der Waals surface area contributed by atoms with E-state index in [0.717, 1.165) is 29.6 Å². The fourth-order valence-electron chi connectivity index (χ4n) is 4.13. The molecule has 0 heterocycles. The van der Waals surface area contributed by atoms with E-state index in [-0.39, 0.29) is 0 Å². The summed E-state index contributed by atoms with van der Waals surface area (Å²) in [6.45, 7) is 14.6. The monoisotopic (exact) mass is 278 g/mol. The maximum atomic E-state index is 2.55. The van der Waals surface area contributed by atoms with E-state index >= 15 is 0 Å². The van der Waals surface area contributed by atoms with Crippen LogP contribution in [0.5, 0.6) is 0 Å². The molecule has 118 valence electrons. The summed E-state index contributed by atoms with van der Waals surface area (Å²) in [5.41, 5.74) is 1.63. The molecular weight excluding hydrogens is 240 g/mol. The highest BCUT2D eigenvalue weighted by Gasteiger charge is 2.21. The average molecular weight is 279 g/mol. The molecule has 0 amide bonds. The van der Waals surface area contributed by atoms with E-state index in [4.69, 9.17) is 0 Å². The second kappa shape index (κ2) is 8.90. The van der Waals surface area contributed by atoms with Crippen molar-refractivity contribution in [2.45, 2.75) is 86.5 Å². The average Bonchev–Trinajstić information content (AvgIpc) is 2.41. The zero-order valence-electron chi connectivity index (χ0n) is 14.9. The van der Waals surface area contributed by atoms with Gasteiger partial charge in [-0.2, -0.15) is 0 Å². The molecule has 0 radical (unpaired) electrons. The summed E-state index contributed by atoms with van der Waals surface area (Å²) in [5.74, 6) is 4.48. The third-order valence-corrected chi connectivity index (χ3v) is 5.89. The van der Waals surface area contributed by atoms with Crippen molar-refractivity contribution in [3.8, 4) is 0 Å². The molecule has 0 spiro atoms. The second-order valence-electron chi connectivity index (χ2n) is 7.70. The number of rotatable bonds is 2. The van der Waals surface area contributed by atoms with Crippen LogP contribution in [0.4, 0.5) is 0 Å². The SMILES string of the molecule is CCC1CC=C(C)CC(C)C(CC)CC(C)CCC1C. The first-order valence-electron chi connectivity index (χ1n) is 9.13. The van der Waals surface area contributed by atoms with Gasteiger partial charge in [0.15, 0.2) is 0 Å². The predicted octanol–water partition coefficient (Wildman–Crippen LogP) is 6.86. The molecule has 0 saturated heterocycles. The van der Waals surface area contributed by atoms with E-state index in [9.17, 15) is 0 Å². The van der Waals surface area contributed by atoms with Crippen molar-refractivity contribution in [3.05, 3.63) is 11.6 Å². The van der Waals surface area contributed by atoms with Gasteiger partial charge in [-0.1, -0.05) is 72.0 Å². The lowest BCUT2D eigenvalue weighted by Crippen LogP contribution is -2.18. The van der Waals surface area contributed by atoms with Crippen LogP contribution < -0.4 is 0 Å². The topological polar surface area (TPSA) is 0 Å². The highest BCUT2D eigenvalue weighted by Crippen LogP contribution is 2.33. The van der Waals surface area contributed by atoms with E-state index in [0.29, 0.717) is 0 Å². The Balaban J connectivity index is 2.81. The molecule has 20 heavy (non-hydrogen) atoms. The third kappa shape index (κ3) is 5.62. The van der Waals surface area contributed by atoms with Crippen LogP contribution in [0.15, 0.2) is 11.6 Å². The van der Waals surface area contributed by atoms with Crippen molar-refractivity contribution >= 4 is 0 Å². The molecule has 5 atom stereocenters. The minimum atomic E-state index is 0.857. The minimum absolute atomic E-state index is 0.857. The third-order valence-electron chi connectivity index (χ3n) is 5.89. The van der Waals surface area contributed by atoms with Gasteiger partial charge in [-0.25, -0.2) is 0 Å². The summed E-state index contributed by atoms with van der Waals surface area (Å²) in [6.07, 6.45) is 12.2. The van der Waals surface area contributed by atoms with E-state index < -0.39 is 0 Å². The Bertz CT molecular complexity index is 288. The van der Waals surface area contributed by atoms with E-state index in [1.54, 1.807) is 5.57 Å². The predicted molar refractivity (Wildman–Crippen MR) is 91.9 cm³/mol. The Morgan fingerprint density at radius 3 is 2.20 bits per heavy atom. The molecule has 1 aliphatic carbocycles. The van der Waals surface area contributed by atoms with E-state index in [2.05, 4.69) is 47.6 Å². The first kappa shape index (κ1) is 17.8. The zero-order chi connectivity index (χ0) is 15.1. The Labute approximate surface area is 128 Å². The van der Waals surface area contributed by atoms with Crippen molar-refractivity contribution in [3.63, 3.8) is 0 Å². The molecule has 0 fully saturated rings. The van der Waals surface area contributed by atoms with Crippen LogP contribution in [0.1, 0.15) is 86.5 Å². The lowest BCUT2D eigenvalue weighted by Gasteiger charge is -2.29. The van der Waals surface area contributed by atoms with Crippen LogP contribution >= 0.6 is 0 Å². The van der Waals surface area contributed by atoms with Crippen molar-refractivity contribution < 1.29 is 0 Å². The maximum absolute atomic E-state index is 2.55.